The minimum Gasteiger partial charge on any atom is -0.347 e. The van der Waals surface area contributed by atoms with Gasteiger partial charge in [0, 0.05) is 16.6 Å². The maximum atomic E-state index is 12.8. The molecule has 0 unspecified atom stereocenters. The molecule has 0 aliphatic heterocycles. The lowest BCUT2D eigenvalue weighted by atomic mass is 10.2. The lowest BCUT2D eigenvalue weighted by Crippen LogP contribution is -2.34. The third-order valence-electron chi connectivity index (χ3n) is 4.23. The predicted molar refractivity (Wildman–Crippen MR) is 123 cm³/mol. The highest BCUT2D eigenvalue weighted by atomic mass is 79.9. The molecule has 0 radical (unpaired) electrons. The molecule has 0 fully saturated rings. The van der Waals surface area contributed by atoms with Crippen molar-refractivity contribution in [3.8, 4) is 0 Å². The van der Waals surface area contributed by atoms with Crippen molar-refractivity contribution in [1.29, 1.82) is 0 Å². The van der Waals surface area contributed by atoms with E-state index >= 15 is 0 Å². The maximum Gasteiger partial charge on any atom is 0.268 e. The van der Waals surface area contributed by atoms with Crippen LogP contribution < -0.4 is 10.6 Å². The number of halogens is 1. The Morgan fingerprint density at radius 3 is 2.27 bits per heavy atom. The van der Waals surface area contributed by atoms with Gasteiger partial charge in [0.05, 0.1) is 0 Å². The predicted octanol–water partition coefficient (Wildman–Crippen LogP) is 5.09. The summed E-state index contributed by atoms with van der Waals surface area (Å²) in [6.07, 6.45) is 5.22. The highest BCUT2D eigenvalue weighted by Crippen LogP contribution is 2.12. The van der Waals surface area contributed by atoms with Crippen LogP contribution in [0.5, 0.6) is 0 Å². The molecular weight excluding hydrogens is 440 g/mol. The topological polar surface area (TPSA) is 58.2 Å². The van der Waals surface area contributed by atoms with E-state index in [1.165, 1.54) is 0 Å². The van der Waals surface area contributed by atoms with Crippen molar-refractivity contribution in [3.63, 3.8) is 0 Å². The van der Waals surface area contributed by atoms with E-state index in [0.717, 1.165) is 15.6 Å². The van der Waals surface area contributed by atoms with Gasteiger partial charge >= 0.3 is 0 Å². The van der Waals surface area contributed by atoms with Gasteiger partial charge in [0.25, 0.3) is 11.8 Å². The molecule has 0 bridgehead atoms. The van der Waals surface area contributed by atoms with Crippen LogP contribution in [0.1, 0.15) is 21.5 Å². The van der Waals surface area contributed by atoms with Crippen molar-refractivity contribution in [3.05, 3.63) is 124 Å². The van der Waals surface area contributed by atoms with Gasteiger partial charge in [0.2, 0.25) is 0 Å². The average Bonchev–Trinajstić information content (AvgIpc) is 2.78. The molecule has 3 rings (SSSR count). The maximum absolute atomic E-state index is 12.8. The van der Waals surface area contributed by atoms with Crippen LogP contribution in [0, 0.1) is 0 Å². The van der Waals surface area contributed by atoms with Crippen LogP contribution in [0.4, 0.5) is 0 Å². The molecule has 3 aromatic rings. The molecule has 0 saturated carbocycles. The summed E-state index contributed by atoms with van der Waals surface area (Å²) in [5, 5.41) is 5.57. The number of amides is 2. The summed E-state index contributed by atoms with van der Waals surface area (Å²) in [5.74, 6) is -0.717. The van der Waals surface area contributed by atoms with E-state index in [-0.39, 0.29) is 17.5 Å². The molecule has 5 heteroatoms. The second-order valence-corrected chi connectivity index (χ2v) is 7.40. The van der Waals surface area contributed by atoms with Gasteiger partial charge in [-0.15, -0.1) is 0 Å². The summed E-state index contributed by atoms with van der Waals surface area (Å²) in [5.41, 5.74) is 2.60. The molecule has 4 nitrogen and oxygen atoms in total. The zero-order valence-electron chi connectivity index (χ0n) is 16.2. The lowest BCUT2D eigenvalue weighted by molar-refractivity contribution is -0.118. The Balaban J connectivity index is 1.76. The van der Waals surface area contributed by atoms with Crippen LogP contribution in [0.2, 0.25) is 0 Å². The van der Waals surface area contributed by atoms with E-state index in [2.05, 4.69) is 26.6 Å². The summed E-state index contributed by atoms with van der Waals surface area (Å²) >= 11 is 3.36. The monoisotopic (exact) mass is 460 g/mol. The van der Waals surface area contributed by atoms with Gasteiger partial charge in [0.1, 0.15) is 5.70 Å². The molecule has 0 heterocycles. The second-order valence-electron chi connectivity index (χ2n) is 6.48. The van der Waals surface area contributed by atoms with Crippen molar-refractivity contribution in [1.82, 2.24) is 10.6 Å². The van der Waals surface area contributed by atoms with Crippen molar-refractivity contribution < 1.29 is 9.59 Å². The van der Waals surface area contributed by atoms with E-state index < -0.39 is 0 Å². The van der Waals surface area contributed by atoms with Gasteiger partial charge in [-0.3, -0.25) is 9.59 Å². The molecule has 2 amide bonds. The van der Waals surface area contributed by atoms with E-state index in [4.69, 9.17) is 0 Å². The molecule has 0 saturated heterocycles. The number of nitrogens with one attached hydrogen (secondary N) is 2. The van der Waals surface area contributed by atoms with Crippen molar-refractivity contribution in [2.75, 3.05) is 0 Å². The molecule has 0 aromatic heterocycles. The molecule has 0 atom stereocenters. The first kappa shape index (κ1) is 21.3. The Labute approximate surface area is 184 Å². The van der Waals surface area contributed by atoms with Gasteiger partial charge in [-0.1, -0.05) is 94.8 Å². The van der Waals surface area contributed by atoms with Crippen LogP contribution in [-0.2, 0) is 11.3 Å². The first-order valence-electron chi connectivity index (χ1n) is 9.44. The third kappa shape index (κ3) is 6.57. The molecule has 2 N–H and O–H groups in total. The number of carbonyl (C=O) groups excluding carboxylic acids is 2. The summed E-state index contributed by atoms with van der Waals surface area (Å²) in [4.78, 5) is 25.4. The zero-order valence-corrected chi connectivity index (χ0v) is 17.8. The number of benzene rings is 3. The average molecular weight is 461 g/mol. The normalized spacial score (nSPS) is 11.3. The van der Waals surface area contributed by atoms with Gasteiger partial charge in [-0.2, -0.15) is 0 Å². The van der Waals surface area contributed by atoms with Gasteiger partial charge in [-0.05, 0) is 35.4 Å². The third-order valence-corrected chi connectivity index (χ3v) is 4.72. The lowest BCUT2D eigenvalue weighted by Gasteiger charge is -2.11. The van der Waals surface area contributed by atoms with Gasteiger partial charge in [-0.25, -0.2) is 0 Å². The molecule has 30 heavy (non-hydrogen) atoms. The minimum absolute atomic E-state index is 0.170. The Hall–Kier alpha value is -3.44. The Bertz CT molecular complexity index is 1060. The van der Waals surface area contributed by atoms with Crippen LogP contribution in [0.25, 0.3) is 6.08 Å². The zero-order chi connectivity index (χ0) is 21.2. The number of rotatable bonds is 7. The van der Waals surface area contributed by atoms with E-state index in [9.17, 15) is 9.59 Å². The van der Waals surface area contributed by atoms with Crippen molar-refractivity contribution >= 4 is 33.8 Å². The van der Waals surface area contributed by atoms with E-state index in [0.29, 0.717) is 12.1 Å². The van der Waals surface area contributed by atoms with Crippen LogP contribution in [0.3, 0.4) is 0 Å². The van der Waals surface area contributed by atoms with Crippen molar-refractivity contribution in [2.24, 2.45) is 0 Å². The van der Waals surface area contributed by atoms with Gasteiger partial charge < -0.3 is 10.6 Å². The SMILES string of the molecule is O=C(NCc1ccccc1)C(=CC=Cc1ccccc1)NC(=O)c1cccc(Br)c1. The molecule has 3 aromatic carbocycles. The highest BCUT2D eigenvalue weighted by Gasteiger charge is 2.14. The second kappa shape index (κ2) is 10.9. The number of carbonyl (C=O) groups is 2. The molecule has 150 valence electrons. The van der Waals surface area contributed by atoms with Gasteiger partial charge in [0.15, 0.2) is 0 Å². The van der Waals surface area contributed by atoms with Crippen LogP contribution in [0.15, 0.2) is 107 Å². The molecule has 0 spiro atoms. The Kier molecular flexibility index (Phi) is 7.75. The fourth-order valence-corrected chi connectivity index (χ4v) is 3.09. The van der Waals surface area contributed by atoms with Crippen LogP contribution in [-0.4, -0.2) is 11.8 Å². The molecular formula is C25H21BrN2O2. The Morgan fingerprint density at radius 1 is 0.867 bits per heavy atom. The highest BCUT2D eigenvalue weighted by molar-refractivity contribution is 9.10. The molecule has 0 aliphatic rings. The quantitative estimate of drug-likeness (QED) is 0.380. The fourth-order valence-electron chi connectivity index (χ4n) is 2.69. The first-order chi connectivity index (χ1) is 14.6. The van der Waals surface area contributed by atoms with Crippen LogP contribution >= 0.6 is 15.9 Å². The largest absolute Gasteiger partial charge is 0.347 e. The Morgan fingerprint density at radius 2 is 1.57 bits per heavy atom. The summed E-state index contributed by atoms with van der Waals surface area (Å²) in [6, 6.07) is 26.3. The fraction of sp³-hybridized carbons (Fsp3) is 0.0400. The first-order valence-corrected chi connectivity index (χ1v) is 10.2. The molecule has 0 aliphatic carbocycles. The van der Waals surface area contributed by atoms with E-state index in [1.807, 2.05) is 72.8 Å². The number of allylic oxidation sites excluding steroid dienone is 2. The minimum atomic E-state index is -0.361. The summed E-state index contributed by atoms with van der Waals surface area (Å²) in [6.45, 7) is 0.367. The smallest absolute Gasteiger partial charge is 0.268 e. The van der Waals surface area contributed by atoms with Crippen molar-refractivity contribution in [2.45, 2.75) is 6.54 Å². The standard InChI is InChI=1S/C25H21BrN2O2/c26-22-15-8-14-21(17-22)24(29)28-23(16-7-13-19-9-3-1-4-10-19)25(30)27-18-20-11-5-2-6-12-20/h1-17H,18H2,(H,27,30)(H,28,29). The number of hydrogen-bond donors (Lipinski definition) is 2. The summed E-state index contributed by atoms with van der Waals surface area (Å²) in [7, 11) is 0. The number of hydrogen-bond acceptors (Lipinski definition) is 2. The summed E-state index contributed by atoms with van der Waals surface area (Å²) < 4.78 is 0.790. The van der Waals surface area contributed by atoms with E-state index in [1.54, 1.807) is 30.4 Å².